The fraction of sp³-hybridized carbons (Fsp3) is 0.400. The smallest absolute Gasteiger partial charge is 0.306 e. The first-order chi connectivity index (χ1) is 16.6. The number of amides is 1. The summed E-state index contributed by atoms with van der Waals surface area (Å²) < 4.78 is 0. The summed E-state index contributed by atoms with van der Waals surface area (Å²) in [4.78, 5) is 26.7. The van der Waals surface area contributed by atoms with E-state index in [4.69, 9.17) is 5.11 Å². The molecule has 0 radical (unpaired) electrons. The molecule has 2 aliphatic rings. The molecule has 2 fully saturated rings. The Morgan fingerprint density at radius 3 is 2.20 bits per heavy atom. The number of carbonyl (C=O) groups is 2. The maximum absolute atomic E-state index is 13.3. The van der Waals surface area contributed by atoms with Crippen LogP contribution >= 0.6 is 11.3 Å². The van der Waals surface area contributed by atoms with Gasteiger partial charge in [0.15, 0.2) is 0 Å². The molecule has 1 spiro atoms. The second kappa shape index (κ2) is 8.94. The molecule has 5 rings (SSSR count). The Labute approximate surface area is 211 Å². The van der Waals surface area contributed by atoms with Crippen LogP contribution in [0.2, 0.25) is 0 Å². The number of carboxylic acids is 1. The largest absolute Gasteiger partial charge is 0.481 e. The fourth-order valence-corrected chi connectivity index (χ4v) is 7.09. The molecule has 0 aliphatic heterocycles. The van der Waals surface area contributed by atoms with Gasteiger partial charge in [0.05, 0.1) is 11.5 Å². The quantitative estimate of drug-likeness (QED) is 0.411. The van der Waals surface area contributed by atoms with Gasteiger partial charge >= 0.3 is 5.97 Å². The molecule has 4 nitrogen and oxygen atoms in total. The Kier molecular flexibility index (Phi) is 6.08. The van der Waals surface area contributed by atoms with Crippen LogP contribution in [-0.2, 0) is 11.2 Å². The number of thiophene rings is 1. The number of hydrogen-bond acceptors (Lipinski definition) is 3. The third-order valence-electron chi connectivity index (χ3n) is 8.19. The highest BCUT2D eigenvalue weighted by molar-refractivity contribution is 7.12. The molecule has 1 heterocycles. The van der Waals surface area contributed by atoms with Gasteiger partial charge in [0.2, 0.25) is 0 Å². The van der Waals surface area contributed by atoms with Gasteiger partial charge in [-0.3, -0.25) is 9.59 Å². The van der Waals surface area contributed by atoms with Crippen molar-refractivity contribution in [1.82, 2.24) is 5.32 Å². The minimum absolute atomic E-state index is 0.0163. The molecule has 0 bridgehead atoms. The van der Waals surface area contributed by atoms with Crippen molar-refractivity contribution in [2.24, 2.45) is 11.3 Å². The van der Waals surface area contributed by atoms with Gasteiger partial charge in [-0.2, -0.15) is 0 Å². The fourth-order valence-electron chi connectivity index (χ4n) is 6.02. The molecule has 2 saturated carbocycles. The normalized spacial score (nSPS) is 23.0. The highest BCUT2D eigenvalue weighted by atomic mass is 32.1. The predicted molar refractivity (Wildman–Crippen MR) is 141 cm³/mol. The second-order valence-corrected chi connectivity index (χ2v) is 12.2. The van der Waals surface area contributed by atoms with Gasteiger partial charge in [0.25, 0.3) is 5.91 Å². The standard InChI is InChI=1S/C30H33NO3S/c1-17-5-8-23(11-18(17)2)22-9-6-21(7-10-22)12-26-19(3)35-20(4)27(26)28(32)31-25-15-30(16-25)13-24(14-30)29(33)34/h5-11,24-25H,12-16H2,1-4H3,(H,31,32)(H,33,34). The Morgan fingerprint density at radius 1 is 0.914 bits per heavy atom. The molecule has 1 aromatic heterocycles. The molecule has 3 aromatic rings. The zero-order valence-electron chi connectivity index (χ0n) is 20.9. The number of aliphatic carboxylic acids is 1. The topological polar surface area (TPSA) is 66.4 Å². The zero-order valence-corrected chi connectivity index (χ0v) is 21.7. The molecule has 2 aliphatic carbocycles. The van der Waals surface area contributed by atoms with Crippen LogP contribution < -0.4 is 5.32 Å². The number of carbonyl (C=O) groups excluding carboxylic acids is 1. The third kappa shape index (κ3) is 4.54. The van der Waals surface area contributed by atoms with Gasteiger partial charge < -0.3 is 10.4 Å². The third-order valence-corrected chi connectivity index (χ3v) is 9.25. The molecule has 5 heteroatoms. The lowest BCUT2D eigenvalue weighted by Gasteiger charge is -2.56. The summed E-state index contributed by atoms with van der Waals surface area (Å²) in [6.45, 7) is 8.41. The van der Waals surface area contributed by atoms with E-state index in [2.05, 4.69) is 68.6 Å². The summed E-state index contributed by atoms with van der Waals surface area (Å²) in [5, 5.41) is 12.4. The number of rotatable bonds is 6. The van der Waals surface area contributed by atoms with E-state index in [-0.39, 0.29) is 23.3 Å². The molecule has 35 heavy (non-hydrogen) atoms. The van der Waals surface area contributed by atoms with Crippen LogP contribution in [-0.4, -0.2) is 23.0 Å². The number of hydrogen-bond donors (Lipinski definition) is 2. The van der Waals surface area contributed by atoms with Crippen molar-refractivity contribution in [3.8, 4) is 11.1 Å². The predicted octanol–water partition coefficient (Wildman–Crippen LogP) is 6.61. The maximum atomic E-state index is 13.3. The first-order valence-electron chi connectivity index (χ1n) is 12.4. The van der Waals surface area contributed by atoms with Crippen molar-refractivity contribution in [2.75, 3.05) is 0 Å². The zero-order chi connectivity index (χ0) is 24.9. The van der Waals surface area contributed by atoms with Gasteiger partial charge in [-0.15, -0.1) is 11.3 Å². The first kappa shape index (κ1) is 23.8. The summed E-state index contributed by atoms with van der Waals surface area (Å²) in [5.41, 5.74) is 8.31. The van der Waals surface area contributed by atoms with E-state index in [1.54, 1.807) is 11.3 Å². The summed E-state index contributed by atoms with van der Waals surface area (Å²) in [6.07, 6.45) is 4.06. The van der Waals surface area contributed by atoms with Crippen LogP contribution in [0.4, 0.5) is 0 Å². The van der Waals surface area contributed by atoms with Gasteiger partial charge in [-0.1, -0.05) is 42.5 Å². The van der Waals surface area contributed by atoms with Crippen LogP contribution in [0.5, 0.6) is 0 Å². The van der Waals surface area contributed by atoms with E-state index < -0.39 is 5.97 Å². The minimum Gasteiger partial charge on any atom is -0.481 e. The maximum Gasteiger partial charge on any atom is 0.306 e. The van der Waals surface area contributed by atoms with E-state index in [1.165, 1.54) is 32.7 Å². The molecule has 0 atom stereocenters. The van der Waals surface area contributed by atoms with E-state index in [0.717, 1.165) is 48.1 Å². The van der Waals surface area contributed by atoms with Crippen LogP contribution in [0, 0.1) is 39.0 Å². The lowest BCUT2D eigenvalue weighted by molar-refractivity contribution is -0.155. The average Bonchev–Trinajstić information content (AvgIpc) is 3.03. The molecule has 0 unspecified atom stereocenters. The lowest BCUT2D eigenvalue weighted by atomic mass is 9.50. The summed E-state index contributed by atoms with van der Waals surface area (Å²) in [7, 11) is 0. The van der Waals surface area contributed by atoms with Crippen LogP contribution in [0.15, 0.2) is 42.5 Å². The van der Waals surface area contributed by atoms with Gasteiger partial charge in [-0.05, 0) is 98.6 Å². The highest BCUT2D eigenvalue weighted by Crippen LogP contribution is 2.58. The average molecular weight is 488 g/mol. The molecular formula is C30H33NO3S. The molecular weight excluding hydrogens is 454 g/mol. The Bertz CT molecular complexity index is 1290. The lowest BCUT2D eigenvalue weighted by Crippen LogP contribution is -2.57. The SMILES string of the molecule is Cc1ccc(-c2ccc(Cc3c(C)sc(C)c3C(=O)NC3CC4(C3)CC(C(=O)O)C4)cc2)cc1C. The number of benzene rings is 2. The van der Waals surface area contributed by atoms with E-state index in [9.17, 15) is 9.59 Å². The molecule has 2 aromatic carbocycles. The van der Waals surface area contributed by atoms with Crippen molar-refractivity contribution < 1.29 is 14.7 Å². The van der Waals surface area contributed by atoms with Crippen LogP contribution in [0.3, 0.4) is 0 Å². The van der Waals surface area contributed by atoms with Crippen LogP contribution in [0.1, 0.15) is 68.0 Å². The van der Waals surface area contributed by atoms with Crippen molar-refractivity contribution >= 4 is 23.2 Å². The van der Waals surface area contributed by atoms with E-state index >= 15 is 0 Å². The van der Waals surface area contributed by atoms with Crippen LogP contribution in [0.25, 0.3) is 11.1 Å². The molecule has 1 amide bonds. The first-order valence-corrected chi connectivity index (χ1v) is 13.2. The summed E-state index contributed by atoms with van der Waals surface area (Å²) in [6, 6.07) is 15.4. The van der Waals surface area contributed by atoms with Crippen molar-refractivity contribution in [1.29, 1.82) is 0 Å². The van der Waals surface area contributed by atoms with Gasteiger partial charge in [-0.25, -0.2) is 0 Å². The van der Waals surface area contributed by atoms with E-state index in [0.29, 0.717) is 0 Å². The van der Waals surface area contributed by atoms with Gasteiger partial charge in [0.1, 0.15) is 0 Å². The Morgan fingerprint density at radius 2 is 1.57 bits per heavy atom. The van der Waals surface area contributed by atoms with Crippen molar-refractivity contribution in [3.05, 3.63) is 80.0 Å². The minimum atomic E-state index is -0.681. The Hall–Kier alpha value is -2.92. The Balaban J connectivity index is 1.26. The number of aryl methyl sites for hydroxylation is 4. The second-order valence-electron chi connectivity index (χ2n) is 10.8. The summed E-state index contributed by atoms with van der Waals surface area (Å²) in [5.74, 6) is -0.858. The molecule has 2 N–H and O–H groups in total. The van der Waals surface area contributed by atoms with Gasteiger partial charge in [0, 0.05) is 15.8 Å². The number of carboxylic acid groups (broad SMARTS) is 1. The molecule has 0 saturated heterocycles. The number of nitrogens with one attached hydrogen (secondary N) is 1. The van der Waals surface area contributed by atoms with Crippen molar-refractivity contribution in [3.63, 3.8) is 0 Å². The monoisotopic (exact) mass is 487 g/mol. The summed E-state index contributed by atoms with van der Waals surface area (Å²) >= 11 is 1.69. The van der Waals surface area contributed by atoms with Crippen molar-refractivity contribution in [2.45, 2.75) is 65.8 Å². The molecule has 182 valence electrons. The van der Waals surface area contributed by atoms with E-state index in [1.807, 2.05) is 6.92 Å². The highest BCUT2D eigenvalue weighted by Gasteiger charge is 2.55.